The predicted octanol–water partition coefficient (Wildman–Crippen LogP) is 3.08. The van der Waals surface area contributed by atoms with Gasteiger partial charge in [-0.25, -0.2) is 0 Å². The van der Waals surface area contributed by atoms with E-state index in [4.69, 9.17) is 0 Å². The molecule has 1 N–H and O–H groups in total. The second-order valence-corrected chi connectivity index (χ2v) is 5.89. The zero-order valence-electron chi connectivity index (χ0n) is 8.56. The van der Waals surface area contributed by atoms with E-state index in [0.29, 0.717) is 6.54 Å². The molecule has 0 saturated heterocycles. The number of carbonyl (C=O) groups excluding carboxylic acids is 1. The fourth-order valence-corrected chi connectivity index (χ4v) is 2.45. The Balaban J connectivity index is 2.56. The number of carbonyl (C=O) groups is 1. The largest absolute Gasteiger partial charge is 0.305 e. The summed E-state index contributed by atoms with van der Waals surface area (Å²) in [5.74, 6) is 0.141. The number of ketones is 1. The van der Waals surface area contributed by atoms with Gasteiger partial charge >= 0.3 is 0 Å². The average Bonchev–Trinajstić information content (AvgIpc) is 2.46. The van der Waals surface area contributed by atoms with Gasteiger partial charge in [0, 0.05) is 10.0 Å². The van der Waals surface area contributed by atoms with Crippen LogP contribution in [0.25, 0.3) is 0 Å². The maximum absolute atomic E-state index is 11.7. The van der Waals surface area contributed by atoms with Crippen LogP contribution >= 0.6 is 27.3 Å². The lowest BCUT2D eigenvalue weighted by atomic mass is 10.1. The lowest BCUT2D eigenvalue weighted by Crippen LogP contribution is -2.39. The van der Waals surface area contributed by atoms with Gasteiger partial charge in [-0.15, -0.1) is 11.3 Å². The molecule has 0 unspecified atom stereocenters. The number of hydrogen-bond acceptors (Lipinski definition) is 3. The topological polar surface area (TPSA) is 29.1 Å². The van der Waals surface area contributed by atoms with Gasteiger partial charge in [0.25, 0.3) is 0 Å². The highest BCUT2D eigenvalue weighted by molar-refractivity contribution is 9.10. The normalized spacial score (nSPS) is 11.7. The van der Waals surface area contributed by atoms with Crippen LogP contribution in [0.15, 0.2) is 15.9 Å². The van der Waals surface area contributed by atoms with Gasteiger partial charge in [0.2, 0.25) is 0 Å². The second kappa shape index (κ2) is 4.55. The van der Waals surface area contributed by atoms with Crippen molar-refractivity contribution in [1.29, 1.82) is 0 Å². The maximum atomic E-state index is 11.7. The molecular weight excluding hydrogens is 262 g/mol. The molecule has 0 amide bonds. The fraction of sp³-hybridized carbons (Fsp3) is 0.500. The van der Waals surface area contributed by atoms with E-state index >= 15 is 0 Å². The van der Waals surface area contributed by atoms with Crippen molar-refractivity contribution in [3.05, 3.63) is 20.8 Å². The number of rotatable bonds is 3. The van der Waals surface area contributed by atoms with Gasteiger partial charge in [0.05, 0.1) is 11.4 Å². The molecular formula is C10H14BrNOS. The minimum atomic E-state index is -0.0145. The first kappa shape index (κ1) is 11.9. The quantitative estimate of drug-likeness (QED) is 0.860. The molecule has 78 valence electrons. The predicted molar refractivity (Wildman–Crippen MR) is 64.1 cm³/mol. The van der Waals surface area contributed by atoms with Crippen LogP contribution in [0.1, 0.15) is 30.4 Å². The number of thiophene rings is 1. The molecule has 2 nitrogen and oxygen atoms in total. The summed E-state index contributed by atoms with van der Waals surface area (Å²) in [5.41, 5.74) is -0.0145. The molecule has 0 spiro atoms. The molecule has 0 atom stereocenters. The summed E-state index contributed by atoms with van der Waals surface area (Å²) >= 11 is 4.82. The van der Waals surface area contributed by atoms with Crippen molar-refractivity contribution in [2.24, 2.45) is 0 Å². The lowest BCUT2D eigenvalue weighted by molar-refractivity contribution is 0.0985. The Morgan fingerprint density at radius 1 is 1.57 bits per heavy atom. The van der Waals surface area contributed by atoms with Gasteiger partial charge in [-0.1, -0.05) is 0 Å². The molecule has 0 bridgehead atoms. The van der Waals surface area contributed by atoms with E-state index in [1.54, 1.807) is 0 Å². The van der Waals surface area contributed by atoms with Crippen molar-refractivity contribution in [3.8, 4) is 0 Å². The van der Waals surface area contributed by atoms with Crippen LogP contribution < -0.4 is 5.32 Å². The van der Waals surface area contributed by atoms with E-state index in [1.807, 2.05) is 32.2 Å². The van der Waals surface area contributed by atoms with E-state index in [9.17, 15) is 4.79 Å². The number of halogens is 1. The first-order valence-electron chi connectivity index (χ1n) is 4.41. The lowest BCUT2D eigenvalue weighted by Gasteiger charge is -2.19. The molecule has 1 aromatic rings. The van der Waals surface area contributed by atoms with Crippen LogP contribution in [0.2, 0.25) is 0 Å². The van der Waals surface area contributed by atoms with Crippen LogP contribution in [-0.2, 0) is 0 Å². The molecule has 0 aromatic carbocycles. The van der Waals surface area contributed by atoms with Gasteiger partial charge in [-0.05, 0) is 48.1 Å². The molecule has 0 saturated carbocycles. The zero-order valence-corrected chi connectivity index (χ0v) is 11.0. The van der Waals surface area contributed by atoms with Crippen LogP contribution in [-0.4, -0.2) is 17.9 Å². The van der Waals surface area contributed by atoms with Crippen LogP contribution in [0.4, 0.5) is 0 Å². The third kappa shape index (κ3) is 3.52. The molecule has 0 aliphatic rings. The van der Waals surface area contributed by atoms with Crippen LogP contribution in [0, 0.1) is 0 Å². The Labute approximate surface area is 96.8 Å². The molecule has 0 aliphatic carbocycles. The van der Waals surface area contributed by atoms with Crippen LogP contribution in [0.3, 0.4) is 0 Å². The van der Waals surface area contributed by atoms with E-state index in [2.05, 4.69) is 21.2 Å². The molecule has 1 heterocycles. The van der Waals surface area contributed by atoms with Gasteiger partial charge < -0.3 is 5.32 Å². The first-order valence-corrected chi connectivity index (χ1v) is 6.08. The van der Waals surface area contributed by atoms with Crippen molar-refractivity contribution < 1.29 is 4.79 Å². The van der Waals surface area contributed by atoms with Crippen molar-refractivity contribution in [2.75, 3.05) is 6.54 Å². The summed E-state index contributed by atoms with van der Waals surface area (Å²) in [7, 11) is 0. The Kier molecular flexibility index (Phi) is 3.86. The van der Waals surface area contributed by atoms with Crippen molar-refractivity contribution in [3.63, 3.8) is 0 Å². The number of nitrogens with one attached hydrogen (secondary N) is 1. The Bertz CT molecular complexity index is 327. The standard InChI is InChI=1S/C10H14BrNOS/c1-10(2,3)12-6-8(13)9-7(11)4-5-14-9/h4-5,12H,6H2,1-3H3. The number of Topliss-reactive ketones (excluding diaryl/α,β-unsaturated/α-hetero) is 1. The highest BCUT2D eigenvalue weighted by atomic mass is 79.9. The Morgan fingerprint density at radius 2 is 2.21 bits per heavy atom. The fourth-order valence-electron chi connectivity index (χ4n) is 0.918. The summed E-state index contributed by atoms with van der Waals surface area (Å²) < 4.78 is 0.892. The van der Waals surface area contributed by atoms with E-state index in [-0.39, 0.29) is 11.3 Å². The summed E-state index contributed by atoms with van der Waals surface area (Å²) in [5, 5.41) is 5.08. The zero-order chi connectivity index (χ0) is 10.8. The van der Waals surface area contributed by atoms with Gasteiger partial charge in [0.1, 0.15) is 0 Å². The molecule has 4 heteroatoms. The monoisotopic (exact) mass is 275 g/mol. The minimum absolute atomic E-state index is 0.0145. The van der Waals surface area contributed by atoms with Gasteiger partial charge in [-0.3, -0.25) is 4.79 Å². The van der Waals surface area contributed by atoms with E-state index < -0.39 is 0 Å². The Hall–Kier alpha value is -0.190. The SMILES string of the molecule is CC(C)(C)NCC(=O)c1sccc1Br. The van der Waals surface area contributed by atoms with Crippen molar-refractivity contribution >= 4 is 33.0 Å². The maximum Gasteiger partial charge on any atom is 0.187 e. The minimum Gasteiger partial charge on any atom is -0.305 e. The molecule has 0 radical (unpaired) electrons. The molecule has 1 rings (SSSR count). The molecule has 0 aliphatic heterocycles. The smallest absolute Gasteiger partial charge is 0.187 e. The van der Waals surface area contributed by atoms with Gasteiger partial charge in [-0.2, -0.15) is 0 Å². The molecule has 0 fully saturated rings. The Morgan fingerprint density at radius 3 is 2.64 bits per heavy atom. The summed E-state index contributed by atoms with van der Waals surface area (Å²) in [6.45, 7) is 6.53. The summed E-state index contributed by atoms with van der Waals surface area (Å²) in [4.78, 5) is 12.5. The van der Waals surface area contributed by atoms with Crippen molar-refractivity contribution in [2.45, 2.75) is 26.3 Å². The van der Waals surface area contributed by atoms with Crippen LogP contribution in [0.5, 0.6) is 0 Å². The summed E-state index contributed by atoms with van der Waals surface area (Å²) in [6, 6.07) is 1.90. The summed E-state index contributed by atoms with van der Waals surface area (Å²) in [6.07, 6.45) is 0. The first-order chi connectivity index (χ1) is 6.40. The van der Waals surface area contributed by atoms with Gasteiger partial charge in [0.15, 0.2) is 5.78 Å². The second-order valence-electron chi connectivity index (χ2n) is 4.12. The third-order valence-corrected chi connectivity index (χ3v) is 3.53. The average molecular weight is 276 g/mol. The third-order valence-electron chi connectivity index (χ3n) is 1.65. The van der Waals surface area contributed by atoms with E-state index in [0.717, 1.165) is 9.35 Å². The molecule has 1 aromatic heterocycles. The molecule has 14 heavy (non-hydrogen) atoms. The van der Waals surface area contributed by atoms with E-state index in [1.165, 1.54) is 11.3 Å². The van der Waals surface area contributed by atoms with Crippen molar-refractivity contribution in [1.82, 2.24) is 5.32 Å². The highest BCUT2D eigenvalue weighted by Crippen LogP contribution is 2.22. The highest BCUT2D eigenvalue weighted by Gasteiger charge is 2.15. The number of hydrogen-bond donors (Lipinski definition) is 1.